The number of phenolic OH excluding ortho intramolecular Hbond substituents is 1. The Morgan fingerprint density at radius 3 is 2.62 bits per heavy atom. The molecule has 0 amide bonds. The molecule has 0 radical (unpaired) electrons. The minimum Gasteiger partial charge on any atom is -0.506 e. The quantitative estimate of drug-likeness (QED) is 0.506. The average molecular weight is 349 g/mol. The molecule has 0 aliphatic heterocycles. The number of nitrogens with two attached hydrogens (primary N) is 1. The molecule has 5 N–H and O–H groups in total. The van der Waals surface area contributed by atoms with Crippen molar-refractivity contribution in [2.45, 2.75) is 44.4 Å². The van der Waals surface area contributed by atoms with Crippen molar-refractivity contribution in [2.75, 3.05) is 5.73 Å². The number of aliphatic hydroxyl groups is 1. The smallest absolute Gasteiger partial charge is 0.138 e. The molecule has 2 aromatic rings. The molecule has 0 saturated heterocycles. The SMILES string of the molecule is CC(Cc1ccccc1)NC1CCc2c(ccc(O)c2N)C1O.Cl. The van der Waals surface area contributed by atoms with Gasteiger partial charge >= 0.3 is 0 Å². The summed E-state index contributed by atoms with van der Waals surface area (Å²) in [6, 6.07) is 14.0. The first-order valence-corrected chi connectivity index (χ1v) is 8.14. The van der Waals surface area contributed by atoms with Crippen molar-refractivity contribution in [3.05, 3.63) is 59.2 Å². The third-order valence-electron chi connectivity index (χ3n) is 4.66. The molecule has 1 aliphatic rings. The Morgan fingerprint density at radius 2 is 1.92 bits per heavy atom. The Balaban J connectivity index is 0.00000208. The van der Waals surface area contributed by atoms with Crippen LogP contribution in [0.25, 0.3) is 0 Å². The van der Waals surface area contributed by atoms with E-state index in [0.29, 0.717) is 5.69 Å². The highest BCUT2D eigenvalue weighted by Crippen LogP contribution is 2.37. The van der Waals surface area contributed by atoms with Crippen LogP contribution in [0, 0.1) is 0 Å². The van der Waals surface area contributed by atoms with E-state index in [2.05, 4.69) is 24.4 Å². The van der Waals surface area contributed by atoms with Gasteiger partial charge in [-0.1, -0.05) is 36.4 Å². The predicted molar refractivity (Wildman–Crippen MR) is 99.6 cm³/mol. The molecule has 0 heterocycles. The van der Waals surface area contributed by atoms with Crippen LogP contribution in [0.1, 0.15) is 36.1 Å². The first-order valence-electron chi connectivity index (χ1n) is 8.14. The van der Waals surface area contributed by atoms with Gasteiger partial charge < -0.3 is 21.3 Å². The third kappa shape index (κ3) is 3.83. The van der Waals surface area contributed by atoms with E-state index in [1.54, 1.807) is 12.1 Å². The number of anilines is 1. The molecule has 24 heavy (non-hydrogen) atoms. The maximum Gasteiger partial charge on any atom is 0.138 e. The summed E-state index contributed by atoms with van der Waals surface area (Å²) in [5.41, 5.74) is 9.33. The standard InChI is InChI=1S/C19H24N2O2.ClH/c1-12(11-13-5-3-2-4-6-13)21-16-9-7-14-15(19(16)23)8-10-17(22)18(14)20;/h2-6,8,10,12,16,19,21-23H,7,9,11,20H2,1H3;1H. The zero-order chi connectivity index (χ0) is 16.4. The number of rotatable bonds is 4. The molecule has 1 aliphatic carbocycles. The van der Waals surface area contributed by atoms with Crippen LogP contribution in [-0.4, -0.2) is 22.3 Å². The first kappa shape index (κ1) is 18.6. The summed E-state index contributed by atoms with van der Waals surface area (Å²) in [7, 11) is 0. The van der Waals surface area contributed by atoms with Crippen molar-refractivity contribution in [1.82, 2.24) is 5.32 Å². The summed E-state index contributed by atoms with van der Waals surface area (Å²) in [5.74, 6) is 0.0970. The van der Waals surface area contributed by atoms with Crippen molar-refractivity contribution >= 4 is 18.1 Å². The normalized spacial score (nSPS) is 20.8. The molecule has 3 unspecified atom stereocenters. The second-order valence-corrected chi connectivity index (χ2v) is 6.41. The van der Waals surface area contributed by atoms with Crippen LogP contribution in [0.15, 0.2) is 42.5 Å². The first-order chi connectivity index (χ1) is 11.1. The highest BCUT2D eigenvalue weighted by Gasteiger charge is 2.30. The summed E-state index contributed by atoms with van der Waals surface area (Å²) in [5, 5.41) is 23.9. The molecule has 4 nitrogen and oxygen atoms in total. The van der Waals surface area contributed by atoms with E-state index < -0.39 is 6.10 Å². The number of nitrogen functional groups attached to an aromatic ring is 1. The Bertz CT molecular complexity index is 679. The van der Waals surface area contributed by atoms with Crippen LogP contribution >= 0.6 is 12.4 Å². The van der Waals surface area contributed by atoms with Crippen LogP contribution in [-0.2, 0) is 12.8 Å². The fraction of sp³-hybridized carbons (Fsp3) is 0.368. The van der Waals surface area contributed by atoms with E-state index in [1.807, 2.05) is 18.2 Å². The Labute approximate surface area is 149 Å². The summed E-state index contributed by atoms with van der Waals surface area (Å²) >= 11 is 0. The summed E-state index contributed by atoms with van der Waals surface area (Å²) in [4.78, 5) is 0. The highest BCUT2D eigenvalue weighted by molar-refractivity contribution is 5.85. The van der Waals surface area contributed by atoms with Gasteiger partial charge in [-0.05, 0) is 48.9 Å². The summed E-state index contributed by atoms with van der Waals surface area (Å²) in [6.07, 6.45) is 1.90. The fourth-order valence-electron chi connectivity index (χ4n) is 3.47. The van der Waals surface area contributed by atoms with Gasteiger partial charge in [0.15, 0.2) is 0 Å². The minimum absolute atomic E-state index is 0. The number of aromatic hydroxyl groups is 1. The van der Waals surface area contributed by atoms with Crippen LogP contribution in [0.4, 0.5) is 5.69 Å². The minimum atomic E-state index is -0.597. The molecule has 130 valence electrons. The molecular formula is C19H25ClN2O2. The molecule has 0 fully saturated rings. The van der Waals surface area contributed by atoms with Crippen LogP contribution < -0.4 is 11.1 Å². The molecule has 3 atom stereocenters. The number of aliphatic hydroxyl groups excluding tert-OH is 1. The van der Waals surface area contributed by atoms with E-state index in [0.717, 1.165) is 30.4 Å². The number of hydrogen-bond acceptors (Lipinski definition) is 4. The van der Waals surface area contributed by atoms with Gasteiger partial charge in [-0.15, -0.1) is 12.4 Å². The number of phenols is 1. The molecule has 0 saturated carbocycles. The van der Waals surface area contributed by atoms with Gasteiger partial charge in [0.1, 0.15) is 5.75 Å². The van der Waals surface area contributed by atoms with E-state index in [4.69, 9.17) is 5.73 Å². The number of nitrogens with one attached hydrogen (secondary N) is 1. The Kier molecular flexibility index (Phi) is 6.10. The van der Waals surface area contributed by atoms with Gasteiger partial charge in [-0.3, -0.25) is 0 Å². The predicted octanol–water partition coefficient (Wildman–Crippen LogP) is 2.97. The summed E-state index contributed by atoms with van der Waals surface area (Å²) < 4.78 is 0. The van der Waals surface area contributed by atoms with Gasteiger partial charge in [-0.25, -0.2) is 0 Å². The zero-order valence-electron chi connectivity index (χ0n) is 13.8. The second kappa shape index (κ2) is 7.88. The van der Waals surface area contributed by atoms with Crippen LogP contribution in [0.5, 0.6) is 5.75 Å². The maximum absolute atomic E-state index is 10.7. The van der Waals surface area contributed by atoms with Crippen molar-refractivity contribution < 1.29 is 10.2 Å². The lowest BCUT2D eigenvalue weighted by molar-refractivity contribution is 0.109. The molecule has 0 bridgehead atoms. The molecule has 0 aromatic heterocycles. The fourth-order valence-corrected chi connectivity index (χ4v) is 3.47. The average Bonchev–Trinajstić information content (AvgIpc) is 2.54. The van der Waals surface area contributed by atoms with Gasteiger partial charge in [0.2, 0.25) is 0 Å². The van der Waals surface area contributed by atoms with Crippen molar-refractivity contribution in [3.8, 4) is 5.75 Å². The van der Waals surface area contributed by atoms with Crippen molar-refractivity contribution in [1.29, 1.82) is 0 Å². The number of benzene rings is 2. The summed E-state index contributed by atoms with van der Waals surface area (Å²) in [6.45, 7) is 2.14. The topological polar surface area (TPSA) is 78.5 Å². The lowest BCUT2D eigenvalue weighted by atomic mass is 9.84. The van der Waals surface area contributed by atoms with Crippen LogP contribution in [0.2, 0.25) is 0 Å². The van der Waals surface area contributed by atoms with E-state index in [-0.39, 0.29) is 30.2 Å². The number of halogens is 1. The van der Waals surface area contributed by atoms with Gasteiger partial charge in [0.05, 0.1) is 11.8 Å². The lowest BCUT2D eigenvalue weighted by Gasteiger charge is -2.33. The second-order valence-electron chi connectivity index (χ2n) is 6.41. The monoisotopic (exact) mass is 348 g/mol. The lowest BCUT2D eigenvalue weighted by Crippen LogP contribution is -2.44. The number of hydrogen-bond donors (Lipinski definition) is 4. The van der Waals surface area contributed by atoms with E-state index in [9.17, 15) is 10.2 Å². The van der Waals surface area contributed by atoms with E-state index >= 15 is 0 Å². The third-order valence-corrected chi connectivity index (χ3v) is 4.66. The zero-order valence-corrected chi connectivity index (χ0v) is 14.6. The van der Waals surface area contributed by atoms with E-state index in [1.165, 1.54) is 5.56 Å². The Morgan fingerprint density at radius 1 is 1.21 bits per heavy atom. The molecule has 2 aromatic carbocycles. The molecule has 0 spiro atoms. The van der Waals surface area contributed by atoms with Crippen molar-refractivity contribution in [2.24, 2.45) is 0 Å². The van der Waals surface area contributed by atoms with Gasteiger partial charge in [0, 0.05) is 12.1 Å². The number of fused-ring (bicyclic) bond motifs is 1. The van der Waals surface area contributed by atoms with Crippen molar-refractivity contribution in [3.63, 3.8) is 0 Å². The maximum atomic E-state index is 10.7. The molecular weight excluding hydrogens is 324 g/mol. The molecule has 3 rings (SSSR count). The van der Waals surface area contributed by atoms with Gasteiger partial charge in [-0.2, -0.15) is 0 Å². The van der Waals surface area contributed by atoms with Gasteiger partial charge in [0.25, 0.3) is 0 Å². The van der Waals surface area contributed by atoms with Crippen LogP contribution in [0.3, 0.4) is 0 Å². The largest absolute Gasteiger partial charge is 0.506 e. The Hall–Kier alpha value is -1.75. The highest BCUT2D eigenvalue weighted by atomic mass is 35.5. The molecule has 5 heteroatoms.